The highest BCUT2D eigenvalue weighted by molar-refractivity contribution is 6.30. The zero-order valence-electron chi connectivity index (χ0n) is 11.6. The lowest BCUT2D eigenvalue weighted by atomic mass is 9.95. The maximum absolute atomic E-state index is 10.8. The molecular formula is C18H15ClO2. The summed E-state index contributed by atoms with van der Waals surface area (Å²) in [5, 5.41) is 13.5. The fourth-order valence-corrected chi connectivity index (χ4v) is 2.73. The van der Waals surface area contributed by atoms with Crippen LogP contribution in [-0.2, 0) is 0 Å². The Morgan fingerprint density at radius 1 is 0.952 bits per heavy atom. The van der Waals surface area contributed by atoms with Crippen LogP contribution in [0.4, 0.5) is 0 Å². The lowest BCUT2D eigenvalue weighted by molar-refractivity contribution is 0.216. The van der Waals surface area contributed by atoms with Crippen molar-refractivity contribution in [3.05, 3.63) is 76.8 Å². The van der Waals surface area contributed by atoms with E-state index in [1.54, 1.807) is 25.3 Å². The molecule has 2 nitrogen and oxygen atoms in total. The number of aliphatic hydroxyl groups excluding tert-OH is 1. The van der Waals surface area contributed by atoms with Crippen LogP contribution in [0.15, 0.2) is 60.7 Å². The van der Waals surface area contributed by atoms with Gasteiger partial charge in [-0.1, -0.05) is 60.1 Å². The monoisotopic (exact) mass is 298 g/mol. The standard InChI is InChI=1S/C18H15ClO2/c1-21-17-11-13(19)9-10-16(17)18(20)15-8-4-6-12-5-2-3-7-14(12)15/h2-11,18,20H,1H3. The minimum absolute atomic E-state index is 0.584. The van der Waals surface area contributed by atoms with E-state index in [-0.39, 0.29) is 0 Å². The summed E-state index contributed by atoms with van der Waals surface area (Å²) in [5.41, 5.74) is 1.56. The molecule has 3 aromatic rings. The molecule has 0 saturated heterocycles. The third-order valence-electron chi connectivity index (χ3n) is 3.61. The van der Waals surface area contributed by atoms with Gasteiger partial charge in [0.1, 0.15) is 11.9 Å². The third kappa shape index (κ3) is 2.60. The van der Waals surface area contributed by atoms with Crippen LogP contribution in [0.25, 0.3) is 10.8 Å². The number of ether oxygens (including phenoxy) is 1. The SMILES string of the molecule is COc1cc(Cl)ccc1C(O)c1cccc2ccccc12. The first-order chi connectivity index (χ1) is 10.2. The van der Waals surface area contributed by atoms with Gasteiger partial charge in [-0.05, 0) is 28.5 Å². The first kappa shape index (κ1) is 13.9. The van der Waals surface area contributed by atoms with Gasteiger partial charge >= 0.3 is 0 Å². The van der Waals surface area contributed by atoms with E-state index >= 15 is 0 Å². The van der Waals surface area contributed by atoms with Crippen molar-refractivity contribution < 1.29 is 9.84 Å². The van der Waals surface area contributed by atoms with Crippen LogP contribution in [0, 0.1) is 0 Å². The second-order valence-corrected chi connectivity index (χ2v) is 5.29. The van der Waals surface area contributed by atoms with Crippen LogP contribution in [0.2, 0.25) is 5.02 Å². The van der Waals surface area contributed by atoms with Crippen molar-refractivity contribution in [2.75, 3.05) is 7.11 Å². The highest BCUT2D eigenvalue weighted by Crippen LogP contribution is 2.35. The van der Waals surface area contributed by atoms with Gasteiger partial charge in [-0.25, -0.2) is 0 Å². The van der Waals surface area contributed by atoms with E-state index in [4.69, 9.17) is 16.3 Å². The Kier molecular flexibility index (Phi) is 3.82. The van der Waals surface area contributed by atoms with Crippen LogP contribution < -0.4 is 4.74 Å². The van der Waals surface area contributed by atoms with Crippen molar-refractivity contribution in [1.82, 2.24) is 0 Å². The molecule has 1 N–H and O–H groups in total. The predicted octanol–water partition coefficient (Wildman–Crippen LogP) is 4.58. The van der Waals surface area contributed by atoms with Crippen LogP contribution in [0.3, 0.4) is 0 Å². The summed E-state index contributed by atoms with van der Waals surface area (Å²) in [5.74, 6) is 0.586. The zero-order valence-corrected chi connectivity index (χ0v) is 12.3. The van der Waals surface area contributed by atoms with Gasteiger partial charge in [-0.3, -0.25) is 0 Å². The average molecular weight is 299 g/mol. The van der Waals surface area contributed by atoms with Crippen LogP contribution in [0.5, 0.6) is 5.75 Å². The molecule has 3 heteroatoms. The summed E-state index contributed by atoms with van der Waals surface area (Å²) in [4.78, 5) is 0. The second-order valence-electron chi connectivity index (χ2n) is 4.86. The minimum atomic E-state index is -0.761. The van der Waals surface area contributed by atoms with E-state index in [1.165, 1.54) is 0 Å². The Balaban J connectivity index is 2.15. The number of hydrogen-bond donors (Lipinski definition) is 1. The van der Waals surface area contributed by atoms with E-state index in [0.717, 1.165) is 16.3 Å². The molecule has 0 aromatic heterocycles. The minimum Gasteiger partial charge on any atom is -0.496 e. The largest absolute Gasteiger partial charge is 0.496 e. The van der Waals surface area contributed by atoms with Gasteiger partial charge in [0.15, 0.2) is 0 Å². The topological polar surface area (TPSA) is 29.5 Å². The second kappa shape index (κ2) is 5.76. The van der Waals surface area contributed by atoms with E-state index in [1.807, 2.05) is 42.5 Å². The Morgan fingerprint density at radius 3 is 2.52 bits per heavy atom. The summed E-state index contributed by atoms with van der Waals surface area (Å²) < 4.78 is 5.34. The van der Waals surface area contributed by atoms with Crippen LogP contribution in [0.1, 0.15) is 17.2 Å². The van der Waals surface area contributed by atoms with Crippen molar-refractivity contribution in [2.45, 2.75) is 6.10 Å². The number of aliphatic hydroxyl groups is 1. The van der Waals surface area contributed by atoms with Gasteiger partial charge in [0.2, 0.25) is 0 Å². The first-order valence-electron chi connectivity index (χ1n) is 6.70. The van der Waals surface area contributed by atoms with Crippen molar-refractivity contribution in [3.8, 4) is 5.75 Å². The lowest BCUT2D eigenvalue weighted by Crippen LogP contribution is -2.03. The molecule has 0 radical (unpaired) electrons. The van der Waals surface area contributed by atoms with Gasteiger partial charge in [0.25, 0.3) is 0 Å². The van der Waals surface area contributed by atoms with Gasteiger partial charge in [0, 0.05) is 10.6 Å². The average Bonchev–Trinajstić information content (AvgIpc) is 2.53. The Hall–Kier alpha value is -2.03. The quantitative estimate of drug-likeness (QED) is 0.766. The molecule has 106 valence electrons. The summed E-state index contributed by atoms with van der Waals surface area (Å²) in [6.07, 6.45) is -0.761. The Bertz CT molecular complexity index is 778. The molecule has 0 bridgehead atoms. The molecule has 0 amide bonds. The normalized spacial score (nSPS) is 12.3. The Labute approximate surface area is 128 Å². The predicted molar refractivity (Wildman–Crippen MR) is 86.0 cm³/mol. The van der Waals surface area contributed by atoms with Crippen molar-refractivity contribution in [1.29, 1.82) is 0 Å². The first-order valence-corrected chi connectivity index (χ1v) is 7.07. The maximum atomic E-state index is 10.8. The highest BCUT2D eigenvalue weighted by Gasteiger charge is 2.17. The number of methoxy groups -OCH3 is 1. The number of fused-ring (bicyclic) bond motifs is 1. The van der Waals surface area contributed by atoms with Gasteiger partial charge in [-0.2, -0.15) is 0 Å². The highest BCUT2D eigenvalue weighted by atomic mass is 35.5. The van der Waals surface area contributed by atoms with Crippen molar-refractivity contribution in [3.63, 3.8) is 0 Å². The fourth-order valence-electron chi connectivity index (χ4n) is 2.57. The molecule has 3 rings (SSSR count). The molecule has 21 heavy (non-hydrogen) atoms. The van der Waals surface area contributed by atoms with E-state index in [9.17, 15) is 5.11 Å². The molecule has 0 aliphatic carbocycles. The van der Waals surface area contributed by atoms with Crippen LogP contribution >= 0.6 is 11.6 Å². The van der Waals surface area contributed by atoms with E-state index in [2.05, 4.69) is 0 Å². The molecule has 3 aromatic carbocycles. The number of rotatable bonds is 3. The summed E-state index contributed by atoms with van der Waals surface area (Å²) in [6.45, 7) is 0. The van der Waals surface area contributed by atoms with Gasteiger partial charge in [0.05, 0.1) is 7.11 Å². The molecule has 0 aliphatic heterocycles. The van der Waals surface area contributed by atoms with Crippen LogP contribution in [-0.4, -0.2) is 12.2 Å². The van der Waals surface area contributed by atoms with E-state index in [0.29, 0.717) is 16.3 Å². The summed E-state index contributed by atoms with van der Waals surface area (Å²) in [6, 6.07) is 19.2. The molecule has 0 aliphatic rings. The molecule has 1 unspecified atom stereocenters. The zero-order chi connectivity index (χ0) is 14.8. The van der Waals surface area contributed by atoms with Gasteiger partial charge < -0.3 is 9.84 Å². The fraction of sp³-hybridized carbons (Fsp3) is 0.111. The lowest BCUT2D eigenvalue weighted by Gasteiger charge is -2.17. The molecule has 0 fully saturated rings. The summed E-state index contributed by atoms with van der Waals surface area (Å²) in [7, 11) is 1.57. The molecular weight excluding hydrogens is 284 g/mol. The molecule has 1 atom stereocenters. The van der Waals surface area contributed by atoms with E-state index < -0.39 is 6.10 Å². The van der Waals surface area contributed by atoms with Crippen molar-refractivity contribution >= 4 is 22.4 Å². The third-order valence-corrected chi connectivity index (χ3v) is 3.84. The summed E-state index contributed by atoms with van der Waals surface area (Å²) >= 11 is 5.98. The smallest absolute Gasteiger partial charge is 0.126 e. The molecule has 0 spiro atoms. The number of halogens is 1. The van der Waals surface area contributed by atoms with Gasteiger partial charge in [-0.15, -0.1) is 0 Å². The Morgan fingerprint density at radius 2 is 1.71 bits per heavy atom. The van der Waals surface area contributed by atoms with Crippen molar-refractivity contribution in [2.24, 2.45) is 0 Å². The number of hydrogen-bond acceptors (Lipinski definition) is 2. The molecule has 0 saturated carbocycles. The maximum Gasteiger partial charge on any atom is 0.126 e. The number of benzene rings is 3. The molecule has 0 heterocycles.